The molecule has 0 fully saturated rings. The Morgan fingerprint density at radius 3 is 1.50 bits per heavy atom. The molecule has 0 radical (unpaired) electrons. The number of hydrogen-bond acceptors (Lipinski definition) is 0. The van der Waals surface area contributed by atoms with Gasteiger partial charge in [0.1, 0.15) is 0 Å². The second-order valence-corrected chi connectivity index (χ2v) is 0.750. The highest BCUT2D eigenvalue weighted by Crippen LogP contribution is 1.96. The fraction of sp³-hybridized carbons (Fsp3) is 0.667. The topological polar surface area (TPSA) is 0 Å². The first kappa shape index (κ1) is 0.460. The zero-order valence-corrected chi connectivity index (χ0v) is 3.00. The van der Waals surface area contributed by atoms with Crippen LogP contribution in [0.1, 0.15) is 43.9 Å². The van der Waals surface area contributed by atoms with Crippen molar-refractivity contribution >= 4 is 0 Å². The fourth-order valence-electron chi connectivity index (χ4n) is 0. The summed E-state index contributed by atoms with van der Waals surface area (Å²) in [6.07, 6.45) is 0. The van der Waals surface area contributed by atoms with Crippen molar-refractivity contribution in [3.63, 3.8) is 0 Å². The highest BCUT2D eigenvalue weighted by Gasteiger charge is 1.75. The molecule has 0 aliphatic rings. The lowest BCUT2D eigenvalue weighted by Crippen LogP contribution is -1.66. The minimum atomic E-state index is -3.32. The van der Waals surface area contributed by atoms with E-state index in [0.29, 0.717) is 0 Å². The smallest absolute Gasteiger partial charge is 0.0276 e. The van der Waals surface area contributed by atoms with Gasteiger partial charge in [0, 0.05) is 16.4 Å². The van der Waals surface area contributed by atoms with Gasteiger partial charge in [-0.2, -0.15) is 0 Å². The molecule has 0 N–H and O–H groups in total. The third-order valence-electron chi connectivity index (χ3n) is 0.250. The molecule has 0 aromatic carbocycles. The van der Waals surface area contributed by atoms with Gasteiger partial charge in [-0.1, -0.05) is 11.1 Å². The quantitative estimate of drug-likeness (QED) is 0.406. The summed E-state index contributed by atoms with van der Waals surface area (Å²) >= 11 is 0. The molecule has 6 heavy (non-hydrogen) atoms. The summed E-state index contributed by atoms with van der Waals surface area (Å²) < 4.78 is 84.6. The Morgan fingerprint density at radius 1 is 1.00 bits per heavy atom. The summed E-state index contributed by atoms with van der Waals surface area (Å²) in [5.74, 6) is 0. The molecule has 0 saturated carbocycles. The molecular weight excluding hydrogens is 72.1 g/mol. The summed E-state index contributed by atoms with van der Waals surface area (Å²) in [4.78, 5) is 0. The fourth-order valence-corrected chi connectivity index (χ4v) is 0. The van der Waals surface area contributed by atoms with Crippen molar-refractivity contribution in [3.05, 3.63) is 11.1 Å². The second-order valence-electron chi connectivity index (χ2n) is 0.750. The molecule has 0 aliphatic heterocycles. The number of hydrogen-bond donors (Lipinski definition) is 0. The Kier molecular flexibility index (Phi) is 0.154. The van der Waals surface area contributed by atoms with Gasteiger partial charge in [-0.05, 0) is 27.4 Å². The largest absolute Gasteiger partial charge is 0.0778 e. The van der Waals surface area contributed by atoms with E-state index < -0.39 is 38.6 Å². The van der Waals surface area contributed by atoms with Gasteiger partial charge in [0.15, 0.2) is 0 Å². The molecule has 0 spiro atoms. The van der Waals surface area contributed by atoms with E-state index in [1.807, 2.05) is 0 Å². The van der Waals surface area contributed by atoms with Crippen molar-refractivity contribution in [3.8, 4) is 0 Å². The van der Waals surface area contributed by atoms with E-state index in [0.717, 1.165) is 0 Å². The van der Waals surface area contributed by atoms with E-state index in [4.69, 9.17) is 16.4 Å². The highest BCUT2D eigenvalue weighted by molar-refractivity contribution is 5.02. The van der Waals surface area contributed by atoms with Gasteiger partial charge in [-0.15, -0.1) is 0 Å². The molecule has 0 saturated heterocycles. The molecule has 0 rings (SSSR count). The molecule has 0 aromatic rings. The first-order chi connectivity index (χ1) is 7.49. The van der Waals surface area contributed by atoms with E-state index in [1.165, 1.54) is 0 Å². The normalized spacial score (nSPS) is 46.0. The SMILES string of the molecule is [2H]C([2H])([2H])C(=C(C([2H])([2H])[2H])C([2H])([2H])[2H])C([2H])([2H])[2H]. The predicted octanol–water partition coefficient (Wildman–Crippen LogP) is 2.36. The molecule has 0 aliphatic carbocycles. The van der Waals surface area contributed by atoms with Gasteiger partial charge in [0.05, 0.1) is 0 Å². The van der Waals surface area contributed by atoms with Crippen molar-refractivity contribution in [2.24, 2.45) is 0 Å². The standard InChI is InChI=1S/C6H12/c1-5(2)6(3)4/h1-4H3/i1D3,2D3,3D3,4D3. The van der Waals surface area contributed by atoms with Crippen LogP contribution < -0.4 is 0 Å². The third-order valence-corrected chi connectivity index (χ3v) is 0.250. The van der Waals surface area contributed by atoms with E-state index in [9.17, 15) is 0 Å². The van der Waals surface area contributed by atoms with Gasteiger partial charge in [-0.3, -0.25) is 0 Å². The molecule has 0 heteroatoms. The van der Waals surface area contributed by atoms with Gasteiger partial charge in [0.25, 0.3) is 0 Å². The van der Waals surface area contributed by atoms with Crippen molar-refractivity contribution < 1.29 is 16.4 Å². The molecule has 0 bridgehead atoms. The van der Waals surface area contributed by atoms with Gasteiger partial charge < -0.3 is 0 Å². The van der Waals surface area contributed by atoms with E-state index in [1.54, 1.807) is 0 Å². The Morgan fingerprint density at radius 2 is 1.33 bits per heavy atom. The first-order valence-electron chi connectivity index (χ1n) is 7.25. The first-order valence-corrected chi connectivity index (χ1v) is 1.25. The maximum atomic E-state index is 7.05. The van der Waals surface area contributed by atoms with E-state index >= 15 is 0 Å². The summed E-state index contributed by atoms with van der Waals surface area (Å²) in [5, 5.41) is 0. The lowest BCUT2D eigenvalue weighted by Gasteiger charge is -1.88. The average molecular weight is 96.2 g/mol. The number of rotatable bonds is 0. The second kappa shape index (κ2) is 2.01. The zero-order chi connectivity index (χ0) is 15.2. The lowest BCUT2D eigenvalue weighted by molar-refractivity contribution is 1.23. The molecule has 0 heterocycles. The molecule has 0 unspecified atom stereocenters. The van der Waals surface area contributed by atoms with Crippen LogP contribution in [0, 0.1) is 0 Å². The van der Waals surface area contributed by atoms with Crippen LogP contribution >= 0.6 is 0 Å². The van der Waals surface area contributed by atoms with Crippen LogP contribution in [0.2, 0.25) is 0 Å². The van der Waals surface area contributed by atoms with Gasteiger partial charge >= 0.3 is 0 Å². The Hall–Kier alpha value is -0.260. The van der Waals surface area contributed by atoms with Crippen LogP contribution in [-0.2, 0) is 0 Å². The van der Waals surface area contributed by atoms with Crippen LogP contribution in [0.25, 0.3) is 0 Å². The average Bonchev–Trinajstić information content (AvgIpc) is 1.89. The van der Waals surface area contributed by atoms with Crippen molar-refractivity contribution in [1.29, 1.82) is 0 Å². The molecule has 0 amide bonds. The monoisotopic (exact) mass is 96.2 g/mol. The number of allylic oxidation sites excluding steroid dienone is 2. The zero-order valence-electron chi connectivity index (χ0n) is 15.0. The molecule has 36 valence electrons. The van der Waals surface area contributed by atoms with Gasteiger partial charge in [0.2, 0.25) is 0 Å². The van der Waals surface area contributed by atoms with E-state index in [-0.39, 0.29) is 0 Å². The Labute approximate surface area is 56.7 Å². The molecule has 0 aromatic heterocycles. The molecule has 0 atom stereocenters. The Balaban J connectivity index is 6.44. The van der Waals surface area contributed by atoms with Crippen molar-refractivity contribution in [1.82, 2.24) is 0 Å². The summed E-state index contributed by atoms with van der Waals surface area (Å²) in [6, 6.07) is 0. The maximum absolute atomic E-state index is 7.05. The van der Waals surface area contributed by atoms with Crippen LogP contribution in [0.4, 0.5) is 0 Å². The Bertz CT molecular complexity index is 264. The minimum absolute atomic E-state index is 1.50. The van der Waals surface area contributed by atoms with Crippen LogP contribution in [0.5, 0.6) is 0 Å². The molecular formula is C6H12. The summed E-state index contributed by atoms with van der Waals surface area (Å²) in [6.45, 7) is -13.3. The van der Waals surface area contributed by atoms with Crippen molar-refractivity contribution in [2.75, 3.05) is 0 Å². The predicted molar refractivity (Wildman–Crippen MR) is 29.7 cm³/mol. The minimum Gasteiger partial charge on any atom is -0.0778 e. The summed E-state index contributed by atoms with van der Waals surface area (Å²) in [7, 11) is 0. The van der Waals surface area contributed by atoms with Crippen LogP contribution in [-0.4, -0.2) is 0 Å². The maximum Gasteiger partial charge on any atom is 0.0276 e. The van der Waals surface area contributed by atoms with Crippen LogP contribution in [0.15, 0.2) is 11.1 Å². The summed E-state index contributed by atoms with van der Waals surface area (Å²) in [5.41, 5.74) is -3.01. The lowest BCUT2D eigenvalue weighted by atomic mass is 10.2. The van der Waals surface area contributed by atoms with Crippen molar-refractivity contribution in [2.45, 2.75) is 27.4 Å². The third kappa shape index (κ3) is 2.01. The van der Waals surface area contributed by atoms with Crippen LogP contribution in [0.3, 0.4) is 0 Å². The molecule has 0 nitrogen and oxygen atoms in total. The van der Waals surface area contributed by atoms with Gasteiger partial charge in [-0.25, -0.2) is 0 Å². The highest BCUT2D eigenvalue weighted by atomic mass is 13.8. The van der Waals surface area contributed by atoms with E-state index in [2.05, 4.69) is 0 Å².